The molecular formula is C20H24N4O3. The van der Waals surface area contributed by atoms with Gasteiger partial charge in [-0.2, -0.15) is 5.10 Å². The van der Waals surface area contributed by atoms with Crippen LogP contribution in [0.5, 0.6) is 5.75 Å². The molecule has 1 fully saturated rings. The van der Waals surface area contributed by atoms with E-state index in [1.165, 1.54) is 0 Å². The van der Waals surface area contributed by atoms with Crippen molar-refractivity contribution in [2.45, 2.75) is 26.1 Å². The molecule has 0 amide bonds. The first-order valence-corrected chi connectivity index (χ1v) is 9.20. The van der Waals surface area contributed by atoms with Crippen LogP contribution in [0.15, 0.2) is 47.3 Å². The van der Waals surface area contributed by atoms with Crippen LogP contribution in [-0.2, 0) is 17.8 Å². The Labute approximate surface area is 158 Å². The van der Waals surface area contributed by atoms with E-state index in [4.69, 9.17) is 13.9 Å². The molecule has 3 heterocycles. The summed E-state index contributed by atoms with van der Waals surface area (Å²) in [6.45, 7) is 5.95. The predicted molar refractivity (Wildman–Crippen MR) is 100 cm³/mol. The molecule has 2 aromatic heterocycles. The van der Waals surface area contributed by atoms with Crippen molar-refractivity contribution in [1.82, 2.24) is 19.7 Å². The number of aryl methyl sites for hydroxylation is 1. The summed E-state index contributed by atoms with van der Waals surface area (Å²) in [6.07, 6.45) is 5.77. The molecule has 3 aromatic rings. The normalized spacial score (nSPS) is 17.9. The highest BCUT2D eigenvalue weighted by atomic mass is 16.5. The minimum Gasteiger partial charge on any atom is -0.497 e. The lowest BCUT2D eigenvalue weighted by molar-refractivity contribution is -0.0351. The van der Waals surface area contributed by atoms with E-state index >= 15 is 0 Å². The van der Waals surface area contributed by atoms with Crippen LogP contribution in [0.3, 0.4) is 0 Å². The summed E-state index contributed by atoms with van der Waals surface area (Å²) < 4.78 is 19.0. The number of hydrogen-bond acceptors (Lipinski definition) is 6. The van der Waals surface area contributed by atoms with Crippen LogP contribution in [0.2, 0.25) is 0 Å². The van der Waals surface area contributed by atoms with Gasteiger partial charge in [0.05, 0.1) is 38.8 Å². The fraction of sp³-hybridized carbons (Fsp3) is 0.400. The van der Waals surface area contributed by atoms with Gasteiger partial charge in [-0.25, -0.2) is 4.98 Å². The van der Waals surface area contributed by atoms with Crippen molar-refractivity contribution in [3.8, 4) is 17.1 Å². The summed E-state index contributed by atoms with van der Waals surface area (Å²) in [7, 11) is 1.66. The summed E-state index contributed by atoms with van der Waals surface area (Å²) >= 11 is 0. The standard InChI is InChI=1S/C20H24N4O3/c1-3-24-12-16(10-22-24)19-13-23(8-9-26-19)14-20-21-11-18(27-20)15-4-6-17(25-2)7-5-15/h4-7,10-12,19H,3,8-9,13-14H2,1-2H3. The molecule has 0 N–H and O–H groups in total. The zero-order chi connectivity index (χ0) is 18.6. The number of methoxy groups -OCH3 is 1. The Hall–Kier alpha value is -2.64. The Morgan fingerprint density at radius 2 is 2.07 bits per heavy atom. The van der Waals surface area contributed by atoms with Gasteiger partial charge in [0, 0.05) is 37.0 Å². The maximum atomic E-state index is 5.96. The minimum absolute atomic E-state index is 0.0371. The first-order valence-electron chi connectivity index (χ1n) is 9.20. The number of nitrogens with zero attached hydrogens (tertiary/aromatic N) is 4. The van der Waals surface area contributed by atoms with Gasteiger partial charge in [0.25, 0.3) is 0 Å². The molecule has 0 saturated carbocycles. The molecule has 4 rings (SSSR count). The number of hydrogen-bond donors (Lipinski definition) is 0. The molecule has 7 nitrogen and oxygen atoms in total. The minimum atomic E-state index is 0.0371. The van der Waals surface area contributed by atoms with Crippen molar-refractivity contribution in [2.24, 2.45) is 0 Å². The molecular weight excluding hydrogens is 344 g/mol. The summed E-state index contributed by atoms with van der Waals surface area (Å²) in [4.78, 5) is 6.75. The Balaban J connectivity index is 1.40. The average molecular weight is 368 g/mol. The predicted octanol–water partition coefficient (Wildman–Crippen LogP) is 3.14. The van der Waals surface area contributed by atoms with Crippen molar-refractivity contribution < 1.29 is 13.9 Å². The summed E-state index contributed by atoms with van der Waals surface area (Å²) in [5.41, 5.74) is 2.11. The van der Waals surface area contributed by atoms with Crippen LogP contribution in [0.1, 0.15) is 24.5 Å². The van der Waals surface area contributed by atoms with Gasteiger partial charge in [0.2, 0.25) is 5.89 Å². The molecule has 0 aliphatic carbocycles. The van der Waals surface area contributed by atoms with Gasteiger partial charge < -0.3 is 13.9 Å². The second-order valence-corrected chi connectivity index (χ2v) is 6.57. The van der Waals surface area contributed by atoms with Crippen molar-refractivity contribution in [1.29, 1.82) is 0 Å². The Morgan fingerprint density at radius 3 is 2.81 bits per heavy atom. The smallest absolute Gasteiger partial charge is 0.209 e. The van der Waals surface area contributed by atoms with Crippen molar-refractivity contribution in [3.05, 3.63) is 54.3 Å². The molecule has 142 valence electrons. The number of morpholine rings is 1. The summed E-state index contributed by atoms with van der Waals surface area (Å²) in [5.74, 6) is 2.30. The maximum Gasteiger partial charge on any atom is 0.209 e. The third kappa shape index (κ3) is 4.04. The third-order valence-corrected chi connectivity index (χ3v) is 4.79. The van der Waals surface area contributed by atoms with Crippen LogP contribution in [0, 0.1) is 0 Å². The Morgan fingerprint density at radius 1 is 1.22 bits per heavy atom. The number of ether oxygens (including phenoxy) is 2. The van der Waals surface area contributed by atoms with Crippen LogP contribution in [-0.4, -0.2) is 46.5 Å². The first-order chi connectivity index (χ1) is 13.2. The highest BCUT2D eigenvalue weighted by Crippen LogP contribution is 2.26. The van der Waals surface area contributed by atoms with Gasteiger partial charge in [-0.3, -0.25) is 9.58 Å². The fourth-order valence-corrected chi connectivity index (χ4v) is 3.23. The molecule has 27 heavy (non-hydrogen) atoms. The molecule has 0 spiro atoms. The molecule has 1 aliphatic rings. The van der Waals surface area contributed by atoms with E-state index < -0.39 is 0 Å². The highest BCUT2D eigenvalue weighted by molar-refractivity contribution is 5.57. The zero-order valence-corrected chi connectivity index (χ0v) is 15.7. The van der Waals surface area contributed by atoms with E-state index in [0.717, 1.165) is 42.3 Å². The van der Waals surface area contributed by atoms with E-state index in [9.17, 15) is 0 Å². The van der Waals surface area contributed by atoms with Crippen LogP contribution in [0.25, 0.3) is 11.3 Å². The van der Waals surface area contributed by atoms with Crippen LogP contribution in [0.4, 0.5) is 0 Å². The largest absolute Gasteiger partial charge is 0.497 e. The van der Waals surface area contributed by atoms with E-state index in [-0.39, 0.29) is 6.10 Å². The van der Waals surface area contributed by atoms with Crippen molar-refractivity contribution in [2.75, 3.05) is 26.8 Å². The first kappa shape index (κ1) is 17.8. The Bertz CT molecular complexity index is 871. The summed E-state index contributed by atoms with van der Waals surface area (Å²) in [5, 5.41) is 4.35. The molecule has 1 saturated heterocycles. The summed E-state index contributed by atoms with van der Waals surface area (Å²) in [6, 6.07) is 7.78. The average Bonchev–Trinajstić information content (AvgIpc) is 3.38. The second kappa shape index (κ2) is 7.94. The van der Waals surface area contributed by atoms with E-state index in [2.05, 4.69) is 28.1 Å². The maximum absolute atomic E-state index is 5.96. The lowest BCUT2D eigenvalue weighted by Crippen LogP contribution is -2.37. The van der Waals surface area contributed by atoms with Gasteiger partial charge in [0.1, 0.15) is 5.75 Å². The zero-order valence-electron chi connectivity index (χ0n) is 15.7. The molecule has 1 aromatic carbocycles. The lowest BCUT2D eigenvalue weighted by atomic mass is 10.1. The van der Waals surface area contributed by atoms with Gasteiger partial charge >= 0.3 is 0 Å². The van der Waals surface area contributed by atoms with Crippen LogP contribution < -0.4 is 4.74 Å². The van der Waals surface area contributed by atoms with Gasteiger partial charge in [-0.1, -0.05) is 0 Å². The third-order valence-electron chi connectivity index (χ3n) is 4.79. The highest BCUT2D eigenvalue weighted by Gasteiger charge is 2.24. The number of benzene rings is 1. The van der Waals surface area contributed by atoms with Gasteiger partial charge in [-0.15, -0.1) is 0 Å². The molecule has 0 radical (unpaired) electrons. The van der Waals surface area contributed by atoms with E-state index in [1.807, 2.05) is 35.1 Å². The number of aromatic nitrogens is 3. The second-order valence-electron chi connectivity index (χ2n) is 6.57. The Kier molecular flexibility index (Phi) is 5.22. The van der Waals surface area contributed by atoms with Gasteiger partial charge in [0.15, 0.2) is 5.76 Å². The van der Waals surface area contributed by atoms with E-state index in [0.29, 0.717) is 19.0 Å². The van der Waals surface area contributed by atoms with E-state index in [1.54, 1.807) is 13.3 Å². The molecule has 1 atom stereocenters. The molecule has 7 heteroatoms. The monoisotopic (exact) mass is 368 g/mol. The lowest BCUT2D eigenvalue weighted by Gasteiger charge is -2.31. The topological polar surface area (TPSA) is 65.6 Å². The molecule has 1 unspecified atom stereocenters. The SMILES string of the molecule is CCn1cc(C2CN(Cc3ncc(-c4ccc(OC)cc4)o3)CCO2)cn1. The quantitative estimate of drug-likeness (QED) is 0.666. The molecule has 1 aliphatic heterocycles. The molecule has 0 bridgehead atoms. The van der Waals surface area contributed by atoms with Crippen molar-refractivity contribution in [3.63, 3.8) is 0 Å². The fourth-order valence-electron chi connectivity index (χ4n) is 3.23. The number of oxazole rings is 1. The van der Waals surface area contributed by atoms with Gasteiger partial charge in [-0.05, 0) is 31.2 Å². The van der Waals surface area contributed by atoms with Crippen molar-refractivity contribution >= 4 is 0 Å². The van der Waals surface area contributed by atoms with Crippen LogP contribution >= 0.6 is 0 Å². The number of rotatable bonds is 6.